The summed E-state index contributed by atoms with van der Waals surface area (Å²) < 4.78 is 5.77. The molecule has 1 saturated carbocycles. The van der Waals surface area contributed by atoms with Crippen molar-refractivity contribution in [2.24, 2.45) is 34.0 Å². The minimum Gasteiger partial charge on any atom is -0.381 e. The Morgan fingerprint density at radius 3 is 2.67 bits per heavy atom. The molecule has 3 rings (SSSR count). The van der Waals surface area contributed by atoms with Gasteiger partial charge in [-0.3, -0.25) is 0 Å². The molecule has 1 nitrogen and oxygen atoms in total. The fourth-order valence-corrected chi connectivity index (χ4v) is 5.78. The van der Waals surface area contributed by atoms with Crippen LogP contribution in [0.5, 0.6) is 0 Å². The minimum absolute atomic E-state index is 0.362. The van der Waals surface area contributed by atoms with E-state index >= 15 is 0 Å². The number of fused-ring (bicyclic) bond motifs is 3. The predicted octanol–water partition coefficient (Wildman–Crippen LogP) is 5.46. The second-order valence-corrected chi connectivity index (χ2v) is 9.03. The van der Waals surface area contributed by atoms with Gasteiger partial charge in [-0.2, -0.15) is 0 Å². The van der Waals surface area contributed by atoms with Crippen molar-refractivity contribution in [3.05, 3.63) is 12.2 Å². The van der Waals surface area contributed by atoms with Crippen molar-refractivity contribution in [3.8, 4) is 0 Å². The summed E-state index contributed by atoms with van der Waals surface area (Å²) in [6.45, 7) is 14.3. The molecule has 1 heteroatoms. The van der Waals surface area contributed by atoms with Crippen molar-refractivity contribution < 1.29 is 4.74 Å². The maximum atomic E-state index is 5.77. The molecule has 0 radical (unpaired) electrons. The maximum Gasteiger partial charge on any atom is 0.0474 e. The lowest BCUT2D eigenvalue weighted by atomic mass is 9.61. The van der Waals surface area contributed by atoms with Crippen LogP contribution in [0, 0.1) is 34.0 Å². The van der Waals surface area contributed by atoms with E-state index in [4.69, 9.17) is 4.74 Å². The van der Waals surface area contributed by atoms with Gasteiger partial charge in [-0.05, 0) is 59.7 Å². The summed E-state index contributed by atoms with van der Waals surface area (Å²) in [5, 5.41) is 0. The smallest absolute Gasteiger partial charge is 0.0474 e. The molecular formula is C20H34O. The lowest BCUT2D eigenvalue weighted by Gasteiger charge is -2.45. The molecule has 21 heavy (non-hydrogen) atoms. The van der Waals surface area contributed by atoms with Gasteiger partial charge in [0.25, 0.3) is 0 Å². The van der Waals surface area contributed by atoms with Gasteiger partial charge in [0.2, 0.25) is 0 Å². The SMILES string of the molecule is CC(C)CCC1(C)C2C=CC3(C)CCOCCCC3C21C. The molecule has 2 aliphatic carbocycles. The molecule has 5 atom stereocenters. The van der Waals surface area contributed by atoms with E-state index in [0.29, 0.717) is 16.2 Å². The van der Waals surface area contributed by atoms with E-state index in [-0.39, 0.29) is 0 Å². The lowest BCUT2D eigenvalue weighted by Crippen LogP contribution is -2.38. The van der Waals surface area contributed by atoms with Crippen LogP contribution in [0.4, 0.5) is 0 Å². The Bertz CT molecular complexity index is 426. The molecular weight excluding hydrogens is 256 g/mol. The van der Waals surface area contributed by atoms with Crippen LogP contribution in [-0.2, 0) is 4.74 Å². The third-order valence-electron chi connectivity index (χ3n) is 7.48. The molecule has 0 spiro atoms. The van der Waals surface area contributed by atoms with Crippen LogP contribution in [0.3, 0.4) is 0 Å². The number of allylic oxidation sites excluding steroid dienone is 2. The van der Waals surface area contributed by atoms with Crippen LogP contribution in [0.1, 0.15) is 66.7 Å². The molecule has 0 aromatic heterocycles. The third kappa shape index (κ3) is 2.22. The Morgan fingerprint density at radius 2 is 1.95 bits per heavy atom. The van der Waals surface area contributed by atoms with Crippen LogP contribution in [0.2, 0.25) is 0 Å². The summed E-state index contributed by atoms with van der Waals surface area (Å²) in [4.78, 5) is 0. The molecule has 120 valence electrons. The zero-order valence-corrected chi connectivity index (χ0v) is 14.7. The van der Waals surface area contributed by atoms with Gasteiger partial charge >= 0.3 is 0 Å². The normalized spacial score (nSPS) is 49.2. The second kappa shape index (κ2) is 5.11. The molecule has 1 heterocycles. The summed E-state index contributed by atoms with van der Waals surface area (Å²) in [6, 6.07) is 0. The van der Waals surface area contributed by atoms with Crippen molar-refractivity contribution in [2.45, 2.75) is 66.7 Å². The average molecular weight is 290 g/mol. The van der Waals surface area contributed by atoms with Gasteiger partial charge in [0.15, 0.2) is 0 Å². The van der Waals surface area contributed by atoms with Crippen molar-refractivity contribution in [2.75, 3.05) is 13.2 Å². The van der Waals surface area contributed by atoms with Gasteiger partial charge in [-0.1, -0.05) is 53.2 Å². The van der Waals surface area contributed by atoms with Crippen molar-refractivity contribution in [1.82, 2.24) is 0 Å². The molecule has 1 saturated heterocycles. The Hall–Kier alpha value is -0.300. The van der Waals surface area contributed by atoms with E-state index in [1.165, 1.54) is 32.1 Å². The van der Waals surface area contributed by atoms with E-state index in [0.717, 1.165) is 31.0 Å². The number of rotatable bonds is 3. The fraction of sp³-hybridized carbons (Fsp3) is 0.900. The molecule has 5 unspecified atom stereocenters. The van der Waals surface area contributed by atoms with Crippen LogP contribution in [0.25, 0.3) is 0 Å². The Kier molecular flexibility index (Phi) is 3.80. The van der Waals surface area contributed by atoms with Crippen molar-refractivity contribution in [3.63, 3.8) is 0 Å². The van der Waals surface area contributed by atoms with E-state index in [2.05, 4.69) is 46.8 Å². The highest BCUT2D eigenvalue weighted by atomic mass is 16.5. The number of hydrogen-bond acceptors (Lipinski definition) is 1. The van der Waals surface area contributed by atoms with Crippen molar-refractivity contribution >= 4 is 0 Å². The van der Waals surface area contributed by atoms with Crippen molar-refractivity contribution in [1.29, 1.82) is 0 Å². The monoisotopic (exact) mass is 290 g/mol. The van der Waals surface area contributed by atoms with E-state index in [9.17, 15) is 0 Å². The predicted molar refractivity (Wildman–Crippen MR) is 89.2 cm³/mol. The second-order valence-electron chi connectivity index (χ2n) is 9.03. The highest BCUT2D eigenvalue weighted by Gasteiger charge is 2.74. The summed E-state index contributed by atoms with van der Waals surface area (Å²) in [6.07, 6.45) is 11.7. The molecule has 0 amide bonds. The molecule has 0 N–H and O–H groups in total. The quantitative estimate of drug-likeness (QED) is 0.627. The van der Waals surface area contributed by atoms with Gasteiger partial charge in [0, 0.05) is 13.2 Å². The topological polar surface area (TPSA) is 9.23 Å². The number of ether oxygens (including phenoxy) is 1. The first-order chi connectivity index (χ1) is 9.84. The first kappa shape index (κ1) is 15.6. The van der Waals surface area contributed by atoms with Gasteiger partial charge in [-0.25, -0.2) is 0 Å². The zero-order chi connectivity index (χ0) is 15.3. The Balaban J connectivity index is 1.85. The summed E-state index contributed by atoms with van der Waals surface area (Å²) in [5.74, 6) is 2.50. The zero-order valence-electron chi connectivity index (χ0n) is 14.7. The minimum atomic E-state index is 0.362. The van der Waals surface area contributed by atoms with Gasteiger partial charge < -0.3 is 4.74 Å². The average Bonchev–Trinajstić information content (AvgIpc) is 2.88. The van der Waals surface area contributed by atoms with E-state index in [1.807, 2.05) is 0 Å². The Morgan fingerprint density at radius 1 is 1.19 bits per heavy atom. The first-order valence-corrected chi connectivity index (χ1v) is 9.12. The molecule has 3 aliphatic rings. The summed E-state index contributed by atoms with van der Waals surface area (Å²) in [7, 11) is 0. The van der Waals surface area contributed by atoms with Crippen LogP contribution in [-0.4, -0.2) is 13.2 Å². The van der Waals surface area contributed by atoms with Gasteiger partial charge in [0.1, 0.15) is 0 Å². The molecule has 0 aromatic rings. The van der Waals surface area contributed by atoms with E-state index in [1.54, 1.807) is 0 Å². The molecule has 0 aromatic carbocycles. The van der Waals surface area contributed by atoms with Gasteiger partial charge in [-0.15, -0.1) is 0 Å². The van der Waals surface area contributed by atoms with Crippen LogP contribution < -0.4 is 0 Å². The molecule has 2 fully saturated rings. The van der Waals surface area contributed by atoms with Gasteiger partial charge in [0.05, 0.1) is 0 Å². The lowest BCUT2D eigenvalue weighted by molar-refractivity contribution is 0.0201. The van der Waals surface area contributed by atoms with Crippen LogP contribution >= 0.6 is 0 Å². The summed E-state index contributed by atoms with van der Waals surface area (Å²) >= 11 is 0. The standard InChI is InChI=1S/C20H34O/c1-15(2)8-11-19(4)17-9-10-18(3)12-14-21-13-6-7-16(18)20(17,19)5/h9-10,15-17H,6-8,11-14H2,1-5H3. The maximum absolute atomic E-state index is 5.77. The first-order valence-electron chi connectivity index (χ1n) is 9.12. The fourth-order valence-electron chi connectivity index (χ4n) is 5.78. The van der Waals surface area contributed by atoms with E-state index < -0.39 is 0 Å². The molecule has 0 bridgehead atoms. The third-order valence-corrected chi connectivity index (χ3v) is 7.48. The highest BCUT2D eigenvalue weighted by molar-refractivity contribution is 5.32. The highest BCUT2D eigenvalue weighted by Crippen LogP contribution is 2.80. The number of hydrogen-bond donors (Lipinski definition) is 0. The Labute approximate surface area is 131 Å². The van der Waals surface area contributed by atoms with Crippen LogP contribution in [0.15, 0.2) is 12.2 Å². The molecule has 1 aliphatic heterocycles. The largest absolute Gasteiger partial charge is 0.381 e. The summed E-state index contributed by atoms with van der Waals surface area (Å²) in [5.41, 5.74) is 1.43.